The van der Waals surface area contributed by atoms with E-state index < -0.39 is 5.41 Å². The smallest absolute Gasteiger partial charge is 0.231 e. The van der Waals surface area contributed by atoms with Crippen molar-refractivity contribution in [3.8, 4) is 17.2 Å². The Morgan fingerprint density at radius 2 is 1.64 bits per heavy atom. The number of methoxy groups -OCH3 is 3. The van der Waals surface area contributed by atoms with Crippen LogP contribution < -0.4 is 19.5 Å². The SMILES string of the molecule is COc1ccc(C2(C(=O)NCc3ccc(OC)c(OC)c3)CCOCC2)cc1. The van der Waals surface area contributed by atoms with Crippen molar-refractivity contribution in [1.29, 1.82) is 0 Å². The zero-order valence-electron chi connectivity index (χ0n) is 16.6. The lowest BCUT2D eigenvalue weighted by Crippen LogP contribution is -2.47. The summed E-state index contributed by atoms with van der Waals surface area (Å²) in [5, 5.41) is 3.10. The van der Waals surface area contributed by atoms with Crippen molar-refractivity contribution in [3.05, 3.63) is 53.6 Å². The van der Waals surface area contributed by atoms with Crippen LogP contribution in [0.2, 0.25) is 0 Å². The van der Waals surface area contributed by atoms with Gasteiger partial charge in [-0.05, 0) is 48.2 Å². The van der Waals surface area contributed by atoms with E-state index in [-0.39, 0.29) is 5.91 Å². The number of rotatable bonds is 7. The number of amides is 1. The molecule has 0 radical (unpaired) electrons. The fraction of sp³-hybridized carbons (Fsp3) is 0.409. The molecule has 1 saturated heterocycles. The Morgan fingerprint density at radius 3 is 2.25 bits per heavy atom. The predicted molar refractivity (Wildman–Crippen MR) is 106 cm³/mol. The number of ether oxygens (including phenoxy) is 4. The summed E-state index contributed by atoms with van der Waals surface area (Å²) in [5.41, 5.74) is 1.34. The van der Waals surface area contributed by atoms with Crippen LogP contribution >= 0.6 is 0 Å². The van der Waals surface area contributed by atoms with E-state index in [0.29, 0.717) is 44.1 Å². The minimum Gasteiger partial charge on any atom is -0.497 e. The van der Waals surface area contributed by atoms with Crippen LogP contribution in [0.4, 0.5) is 0 Å². The maximum absolute atomic E-state index is 13.3. The summed E-state index contributed by atoms with van der Waals surface area (Å²) in [5.74, 6) is 2.09. The summed E-state index contributed by atoms with van der Waals surface area (Å²) in [6.45, 7) is 1.55. The van der Waals surface area contributed by atoms with Crippen molar-refractivity contribution < 1.29 is 23.7 Å². The van der Waals surface area contributed by atoms with Crippen LogP contribution in [0.3, 0.4) is 0 Å². The Bertz CT molecular complexity index is 797. The Labute approximate surface area is 165 Å². The Hall–Kier alpha value is -2.73. The number of carbonyl (C=O) groups is 1. The normalized spacial score (nSPS) is 15.5. The van der Waals surface area contributed by atoms with Gasteiger partial charge in [0.05, 0.1) is 26.7 Å². The van der Waals surface area contributed by atoms with E-state index >= 15 is 0 Å². The van der Waals surface area contributed by atoms with Gasteiger partial charge in [0.2, 0.25) is 5.91 Å². The number of hydrogen-bond donors (Lipinski definition) is 1. The molecule has 1 aliphatic heterocycles. The highest BCUT2D eigenvalue weighted by Crippen LogP contribution is 2.36. The molecule has 1 aliphatic rings. The molecule has 6 nitrogen and oxygen atoms in total. The predicted octanol–water partition coefficient (Wildman–Crippen LogP) is 3.08. The second-order valence-electron chi connectivity index (χ2n) is 6.79. The molecule has 0 unspecified atom stereocenters. The molecule has 150 valence electrons. The first-order chi connectivity index (χ1) is 13.6. The molecule has 0 atom stereocenters. The average molecular weight is 385 g/mol. The van der Waals surface area contributed by atoms with E-state index in [1.165, 1.54) is 0 Å². The molecular formula is C22H27NO5. The maximum atomic E-state index is 13.3. The van der Waals surface area contributed by atoms with E-state index in [0.717, 1.165) is 16.9 Å². The van der Waals surface area contributed by atoms with Gasteiger partial charge in [0.25, 0.3) is 0 Å². The van der Waals surface area contributed by atoms with Crippen LogP contribution in [0.5, 0.6) is 17.2 Å². The molecule has 0 bridgehead atoms. The summed E-state index contributed by atoms with van der Waals surface area (Å²) >= 11 is 0. The lowest BCUT2D eigenvalue weighted by Gasteiger charge is -2.36. The van der Waals surface area contributed by atoms with Crippen LogP contribution in [0.1, 0.15) is 24.0 Å². The highest BCUT2D eigenvalue weighted by molar-refractivity contribution is 5.88. The molecule has 1 N–H and O–H groups in total. The summed E-state index contributed by atoms with van der Waals surface area (Å²) < 4.78 is 21.4. The van der Waals surface area contributed by atoms with Crippen molar-refractivity contribution >= 4 is 5.91 Å². The van der Waals surface area contributed by atoms with Gasteiger partial charge in [-0.1, -0.05) is 18.2 Å². The van der Waals surface area contributed by atoms with Crippen molar-refractivity contribution in [2.75, 3.05) is 34.5 Å². The average Bonchev–Trinajstić information content (AvgIpc) is 2.77. The third-order valence-corrected chi connectivity index (χ3v) is 5.32. The van der Waals surface area contributed by atoms with Gasteiger partial charge in [0.15, 0.2) is 11.5 Å². The van der Waals surface area contributed by atoms with Crippen LogP contribution in [0.15, 0.2) is 42.5 Å². The third-order valence-electron chi connectivity index (χ3n) is 5.32. The maximum Gasteiger partial charge on any atom is 0.231 e. The third kappa shape index (κ3) is 4.07. The molecule has 1 amide bonds. The summed E-state index contributed by atoms with van der Waals surface area (Å²) in [6, 6.07) is 13.4. The second kappa shape index (κ2) is 8.97. The number of benzene rings is 2. The molecule has 1 heterocycles. The Kier molecular flexibility index (Phi) is 6.41. The number of carbonyl (C=O) groups excluding carboxylic acids is 1. The fourth-order valence-electron chi connectivity index (χ4n) is 3.62. The largest absolute Gasteiger partial charge is 0.497 e. The van der Waals surface area contributed by atoms with Crippen molar-refractivity contribution in [1.82, 2.24) is 5.32 Å². The molecule has 1 fully saturated rings. The molecule has 2 aromatic carbocycles. The lowest BCUT2D eigenvalue weighted by atomic mass is 9.73. The van der Waals surface area contributed by atoms with E-state index in [9.17, 15) is 4.79 Å². The highest BCUT2D eigenvalue weighted by atomic mass is 16.5. The van der Waals surface area contributed by atoms with Gasteiger partial charge in [-0.3, -0.25) is 4.79 Å². The van der Waals surface area contributed by atoms with Gasteiger partial charge >= 0.3 is 0 Å². The first-order valence-electron chi connectivity index (χ1n) is 9.34. The molecule has 0 spiro atoms. The van der Waals surface area contributed by atoms with Crippen molar-refractivity contribution in [3.63, 3.8) is 0 Å². The van der Waals surface area contributed by atoms with Gasteiger partial charge in [0.1, 0.15) is 5.75 Å². The Balaban J connectivity index is 1.78. The Morgan fingerprint density at radius 1 is 0.964 bits per heavy atom. The van der Waals surface area contributed by atoms with Crippen LogP contribution in [-0.2, 0) is 21.5 Å². The molecule has 2 aromatic rings. The van der Waals surface area contributed by atoms with Crippen LogP contribution in [0, 0.1) is 0 Å². The van der Waals surface area contributed by atoms with E-state index in [2.05, 4.69) is 5.32 Å². The minimum absolute atomic E-state index is 0.00996. The highest BCUT2D eigenvalue weighted by Gasteiger charge is 2.41. The first-order valence-corrected chi connectivity index (χ1v) is 9.34. The summed E-state index contributed by atoms with van der Waals surface area (Å²) in [4.78, 5) is 13.3. The van der Waals surface area contributed by atoms with Gasteiger partial charge in [0, 0.05) is 19.8 Å². The van der Waals surface area contributed by atoms with Gasteiger partial charge in [-0.25, -0.2) is 0 Å². The second-order valence-corrected chi connectivity index (χ2v) is 6.79. The van der Waals surface area contributed by atoms with E-state index in [1.54, 1.807) is 21.3 Å². The van der Waals surface area contributed by atoms with Crippen LogP contribution in [0.25, 0.3) is 0 Å². The summed E-state index contributed by atoms with van der Waals surface area (Å²) in [6.07, 6.45) is 1.30. The topological polar surface area (TPSA) is 66.0 Å². The standard InChI is InChI=1S/C22H27NO5/c1-25-18-7-5-17(6-8-18)22(10-12-28-13-11-22)21(24)23-15-16-4-9-19(26-2)20(14-16)27-3/h4-9,14H,10-13,15H2,1-3H3,(H,23,24). The quantitative estimate of drug-likeness (QED) is 0.793. The van der Waals surface area contributed by atoms with E-state index in [1.807, 2.05) is 42.5 Å². The van der Waals surface area contributed by atoms with Crippen molar-refractivity contribution in [2.24, 2.45) is 0 Å². The zero-order valence-corrected chi connectivity index (χ0v) is 16.6. The first kappa shape index (κ1) is 20.0. The summed E-state index contributed by atoms with van der Waals surface area (Å²) in [7, 11) is 4.83. The molecule has 3 rings (SSSR count). The van der Waals surface area contributed by atoms with Gasteiger partial charge in [-0.15, -0.1) is 0 Å². The molecular weight excluding hydrogens is 358 g/mol. The van der Waals surface area contributed by atoms with Crippen molar-refractivity contribution in [2.45, 2.75) is 24.8 Å². The van der Waals surface area contributed by atoms with Gasteiger partial charge < -0.3 is 24.3 Å². The van der Waals surface area contributed by atoms with Gasteiger partial charge in [-0.2, -0.15) is 0 Å². The molecule has 6 heteroatoms. The monoisotopic (exact) mass is 385 g/mol. The number of nitrogens with one attached hydrogen (secondary N) is 1. The minimum atomic E-state index is -0.596. The van der Waals surface area contributed by atoms with E-state index in [4.69, 9.17) is 18.9 Å². The van der Waals surface area contributed by atoms with Crippen LogP contribution in [-0.4, -0.2) is 40.5 Å². The molecule has 0 saturated carbocycles. The molecule has 0 aliphatic carbocycles. The lowest BCUT2D eigenvalue weighted by molar-refractivity contribution is -0.130. The zero-order chi connectivity index (χ0) is 20.0. The molecule has 28 heavy (non-hydrogen) atoms. The molecule has 0 aromatic heterocycles. The fourth-order valence-corrected chi connectivity index (χ4v) is 3.62. The number of hydrogen-bond acceptors (Lipinski definition) is 5.